The van der Waals surface area contributed by atoms with Gasteiger partial charge in [0, 0.05) is 17.8 Å². The molecule has 0 aliphatic heterocycles. The lowest BCUT2D eigenvalue weighted by atomic mass is 10.1. The van der Waals surface area contributed by atoms with Crippen LogP contribution in [-0.4, -0.2) is 14.3 Å². The summed E-state index contributed by atoms with van der Waals surface area (Å²) in [5.74, 6) is -0.838. The van der Waals surface area contributed by atoms with E-state index in [0.29, 0.717) is 6.54 Å². The monoisotopic (exact) mass is 398 g/mol. The van der Waals surface area contributed by atoms with Gasteiger partial charge in [-0.2, -0.15) is 0 Å². The normalized spacial score (nSPS) is 11.1. The van der Waals surface area contributed by atoms with Crippen LogP contribution in [0.15, 0.2) is 77.7 Å². The molecule has 0 heterocycles. The SMILES string of the molecule is Cc1ccc(CNC(=O)c2cccc(S(=O)(=O)Nc3ccc(F)cc3)c2)cc1. The number of anilines is 1. The summed E-state index contributed by atoms with van der Waals surface area (Å²) in [5, 5.41) is 2.77. The zero-order valence-electron chi connectivity index (χ0n) is 15.1. The summed E-state index contributed by atoms with van der Waals surface area (Å²) >= 11 is 0. The molecule has 1 amide bonds. The van der Waals surface area contributed by atoms with Crippen LogP contribution in [0, 0.1) is 12.7 Å². The molecule has 3 aromatic rings. The van der Waals surface area contributed by atoms with E-state index in [-0.39, 0.29) is 22.1 Å². The number of aryl methyl sites for hydroxylation is 1. The van der Waals surface area contributed by atoms with Gasteiger partial charge in [-0.05, 0) is 55.0 Å². The Hall–Kier alpha value is -3.19. The molecule has 3 aromatic carbocycles. The Morgan fingerprint density at radius 1 is 0.964 bits per heavy atom. The first-order valence-corrected chi connectivity index (χ1v) is 10.0. The molecule has 0 atom stereocenters. The molecule has 0 spiro atoms. The fourth-order valence-electron chi connectivity index (χ4n) is 2.53. The highest BCUT2D eigenvalue weighted by Gasteiger charge is 2.16. The van der Waals surface area contributed by atoms with E-state index in [1.807, 2.05) is 31.2 Å². The number of carbonyl (C=O) groups excluding carboxylic acids is 1. The number of nitrogens with one attached hydrogen (secondary N) is 2. The minimum absolute atomic E-state index is 0.0557. The predicted molar refractivity (Wildman–Crippen MR) is 106 cm³/mol. The number of sulfonamides is 1. The average Bonchev–Trinajstić information content (AvgIpc) is 2.69. The van der Waals surface area contributed by atoms with E-state index in [2.05, 4.69) is 10.0 Å². The topological polar surface area (TPSA) is 75.3 Å². The van der Waals surface area contributed by atoms with E-state index >= 15 is 0 Å². The van der Waals surface area contributed by atoms with Gasteiger partial charge in [0.1, 0.15) is 5.82 Å². The van der Waals surface area contributed by atoms with Crippen LogP contribution in [0.5, 0.6) is 0 Å². The predicted octanol–water partition coefficient (Wildman–Crippen LogP) is 3.86. The Labute approximate surface area is 163 Å². The first-order chi connectivity index (χ1) is 13.3. The van der Waals surface area contributed by atoms with Crippen LogP contribution in [0.25, 0.3) is 0 Å². The van der Waals surface area contributed by atoms with Gasteiger partial charge in [0.2, 0.25) is 0 Å². The molecule has 0 saturated heterocycles. The number of halogens is 1. The molecule has 28 heavy (non-hydrogen) atoms. The zero-order chi connectivity index (χ0) is 20.1. The standard InChI is InChI=1S/C21H19FN2O3S/c1-15-5-7-16(8-6-15)14-23-21(25)17-3-2-4-20(13-17)28(26,27)24-19-11-9-18(22)10-12-19/h2-13,24H,14H2,1H3,(H,23,25). The Morgan fingerprint density at radius 3 is 2.32 bits per heavy atom. The minimum atomic E-state index is -3.91. The van der Waals surface area contributed by atoms with Gasteiger partial charge in [-0.15, -0.1) is 0 Å². The van der Waals surface area contributed by atoms with Crippen LogP contribution < -0.4 is 10.0 Å². The fourth-order valence-corrected chi connectivity index (χ4v) is 3.63. The van der Waals surface area contributed by atoms with E-state index < -0.39 is 15.8 Å². The number of rotatable bonds is 6. The van der Waals surface area contributed by atoms with Crippen molar-refractivity contribution in [1.82, 2.24) is 5.32 Å². The largest absolute Gasteiger partial charge is 0.348 e. The highest BCUT2D eigenvalue weighted by molar-refractivity contribution is 7.92. The number of hydrogen-bond acceptors (Lipinski definition) is 3. The maximum Gasteiger partial charge on any atom is 0.261 e. The third kappa shape index (κ3) is 4.95. The summed E-state index contributed by atoms with van der Waals surface area (Å²) in [5.41, 5.74) is 2.53. The minimum Gasteiger partial charge on any atom is -0.348 e. The van der Waals surface area contributed by atoms with Crippen molar-refractivity contribution in [2.75, 3.05) is 4.72 Å². The van der Waals surface area contributed by atoms with Crippen LogP contribution in [0.1, 0.15) is 21.5 Å². The van der Waals surface area contributed by atoms with Crippen LogP contribution >= 0.6 is 0 Å². The van der Waals surface area contributed by atoms with Crippen molar-refractivity contribution in [3.63, 3.8) is 0 Å². The number of amides is 1. The first-order valence-electron chi connectivity index (χ1n) is 8.56. The van der Waals surface area contributed by atoms with E-state index in [0.717, 1.165) is 23.3 Å². The van der Waals surface area contributed by atoms with Crippen molar-refractivity contribution in [2.24, 2.45) is 0 Å². The third-order valence-electron chi connectivity index (χ3n) is 4.08. The van der Waals surface area contributed by atoms with Crippen molar-refractivity contribution in [3.05, 3.63) is 95.3 Å². The van der Waals surface area contributed by atoms with Crippen molar-refractivity contribution < 1.29 is 17.6 Å². The second-order valence-electron chi connectivity index (χ2n) is 6.31. The second-order valence-corrected chi connectivity index (χ2v) is 7.99. The van der Waals surface area contributed by atoms with E-state index in [4.69, 9.17) is 0 Å². The van der Waals surface area contributed by atoms with Gasteiger partial charge in [0.05, 0.1) is 4.90 Å². The molecule has 5 nitrogen and oxygen atoms in total. The summed E-state index contributed by atoms with van der Waals surface area (Å²) in [4.78, 5) is 12.3. The average molecular weight is 398 g/mol. The summed E-state index contributed by atoms with van der Waals surface area (Å²) < 4.78 is 40.4. The van der Waals surface area contributed by atoms with Crippen molar-refractivity contribution in [1.29, 1.82) is 0 Å². The highest BCUT2D eigenvalue weighted by atomic mass is 32.2. The molecule has 2 N–H and O–H groups in total. The molecule has 144 valence electrons. The maximum absolute atomic E-state index is 13.0. The molecule has 0 aliphatic rings. The molecule has 0 aromatic heterocycles. The van der Waals surface area contributed by atoms with Gasteiger partial charge < -0.3 is 5.32 Å². The number of hydrogen-bond donors (Lipinski definition) is 2. The van der Waals surface area contributed by atoms with Crippen molar-refractivity contribution in [3.8, 4) is 0 Å². The lowest BCUT2D eigenvalue weighted by molar-refractivity contribution is 0.0950. The van der Waals surface area contributed by atoms with Gasteiger partial charge >= 0.3 is 0 Å². The molecule has 0 radical (unpaired) electrons. The van der Waals surface area contributed by atoms with Gasteiger partial charge in [-0.3, -0.25) is 9.52 Å². The highest BCUT2D eigenvalue weighted by Crippen LogP contribution is 2.17. The molecular formula is C21H19FN2O3S. The molecule has 3 rings (SSSR count). The smallest absolute Gasteiger partial charge is 0.261 e. The van der Waals surface area contributed by atoms with Crippen molar-refractivity contribution in [2.45, 2.75) is 18.4 Å². The lowest BCUT2D eigenvalue weighted by Gasteiger charge is -2.10. The quantitative estimate of drug-likeness (QED) is 0.662. The van der Waals surface area contributed by atoms with E-state index in [1.54, 1.807) is 6.07 Å². The van der Waals surface area contributed by atoms with Crippen LogP contribution in [-0.2, 0) is 16.6 Å². The summed E-state index contributed by atoms with van der Waals surface area (Å²) in [6.45, 7) is 2.32. The molecule has 0 saturated carbocycles. The van der Waals surface area contributed by atoms with E-state index in [1.165, 1.54) is 30.3 Å². The summed E-state index contributed by atoms with van der Waals surface area (Å²) in [7, 11) is -3.91. The van der Waals surface area contributed by atoms with E-state index in [9.17, 15) is 17.6 Å². The first kappa shape index (κ1) is 19.6. The Bertz CT molecular complexity index is 1080. The Morgan fingerprint density at radius 2 is 1.64 bits per heavy atom. The fraction of sp³-hybridized carbons (Fsp3) is 0.0952. The van der Waals surface area contributed by atoms with Gasteiger partial charge in [0.25, 0.3) is 15.9 Å². The molecule has 0 fully saturated rings. The second kappa shape index (κ2) is 8.22. The van der Waals surface area contributed by atoms with Crippen LogP contribution in [0.4, 0.5) is 10.1 Å². The van der Waals surface area contributed by atoms with Gasteiger partial charge in [-0.1, -0.05) is 35.9 Å². The van der Waals surface area contributed by atoms with Crippen LogP contribution in [0.3, 0.4) is 0 Å². The van der Waals surface area contributed by atoms with Gasteiger partial charge in [-0.25, -0.2) is 12.8 Å². The summed E-state index contributed by atoms with van der Waals surface area (Å²) in [6.07, 6.45) is 0. The lowest BCUT2D eigenvalue weighted by Crippen LogP contribution is -2.23. The zero-order valence-corrected chi connectivity index (χ0v) is 16.0. The Kier molecular flexibility index (Phi) is 5.75. The third-order valence-corrected chi connectivity index (χ3v) is 5.46. The van der Waals surface area contributed by atoms with Crippen LogP contribution in [0.2, 0.25) is 0 Å². The molecule has 0 unspecified atom stereocenters. The molecular weight excluding hydrogens is 379 g/mol. The molecule has 0 bridgehead atoms. The maximum atomic E-state index is 13.0. The Balaban J connectivity index is 1.72. The molecule has 0 aliphatic carbocycles. The van der Waals surface area contributed by atoms with Crippen molar-refractivity contribution >= 4 is 21.6 Å². The van der Waals surface area contributed by atoms with Gasteiger partial charge in [0.15, 0.2) is 0 Å². The number of benzene rings is 3. The molecule has 7 heteroatoms. The summed E-state index contributed by atoms with van der Waals surface area (Å²) in [6, 6.07) is 18.5. The number of carbonyl (C=O) groups is 1.